The first-order chi connectivity index (χ1) is 4.19. The summed E-state index contributed by atoms with van der Waals surface area (Å²) in [4.78, 5) is 20.7. The second-order valence-electron chi connectivity index (χ2n) is 1.92. The third-order valence-electron chi connectivity index (χ3n) is 1.15. The third kappa shape index (κ3) is 0.728. The van der Waals surface area contributed by atoms with Crippen LogP contribution in [0.5, 0.6) is 0 Å². The highest BCUT2D eigenvalue weighted by Crippen LogP contribution is 2.10. The van der Waals surface area contributed by atoms with Crippen molar-refractivity contribution in [3.63, 3.8) is 0 Å². The molecule has 0 saturated carbocycles. The first kappa shape index (κ1) is 5.97. The zero-order valence-electron chi connectivity index (χ0n) is 4.90. The Kier molecular flexibility index (Phi) is 1.10. The summed E-state index contributed by atoms with van der Waals surface area (Å²) in [5.74, 6) is 0. The number of quaternary nitrogens is 1. The van der Waals surface area contributed by atoms with Crippen molar-refractivity contribution in [2.75, 3.05) is 7.05 Å². The lowest BCUT2D eigenvalue weighted by molar-refractivity contribution is -0.684. The molecule has 0 aromatic heterocycles. The molecule has 1 aliphatic rings. The third-order valence-corrected chi connectivity index (χ3v) is 1.15. The van der Waals surface area contributed by atoms with E-state index >= 15 is 0 Å². The minimum Gasteiger partial charge on any atom is -0.382 e. The van der Waals surface area contributed by atoms with Crippen LogP contribution < -0.4 is 0 Å². The van der Waals surface area contributed by atoms with E-state index in [1.165, 1.54) is 19.5 Å². The second kappa shape index (κ2) is 1.66. The Hall–Kier alpha value is -1.16. The Morgan fingerprint density at radius 3 is 2.67 bits per heavy atom. The van der Waals surface area contributed by atoms with Crippen LogP contribution in [0.4, 0.5) is 4.79 Å². The maximum atomic E-state index is 10.6. The lowest BCUT2D eigenvalue weighted by Crippen LogP contribution is -2.39. The molecule has 1 heterocycles. The zero-order chi connectivity index (χ0) is 6.91. The van der Waals surface area contributed by atoms with E-state index in [0.29, 0.717) is 6.41 Å². The van der Waals surface area contributed by atoms with E-state index in [4.69, 9.17) is 0 Å². The highest BCUT2D eigenvalue weighted by atomic mass is 16.6. The van der Waals surface area contributed by atoms with Crippen molar-refractivity contribution in [2.24, 2.45) is 0 Å². The van der Waals surface area contributed by atoms with E-state index in [-0.39, 0.29) is 0 Å². The number of hydrogen-bond acceptors (Lipinski definition) is 3. The average Bonchev–Trinajstić information content (AvgIpc) is 2.15. The highest BCUT2D eigenvalue weighted by molar-refractivity contribution is 5.71. The molecule has 0 N–H and O–H groups in total. The van der Waals surface area contributed by atoms with Crippen LogP contribution in [-0.4, -0.2) is 24.0 Å². The summed E-state index contributed by atoms with van der Waals surface area (Å²) in [7, 11) is 1.44. The van der Waals surface area contributed by atoms with Gasteiger partial charge in [-0.2, -0.15) is 4.79 Å². The van der Waals surface area contributed by atoms with Gasteiger partial charge in [0.25, 0.3) is 0 Å². The van der Waals surface area contributed by atoms with E-state index in [1.54, 1.807) is 0 Å². The van der Waals surface area contributed by atoms with Crippen LogP contribution in [0.2, 0.25) is 0 Å². The molecule has 9 heavy (non-hydrogen) atoms. The number of ether oxygens (including phenoxy) is 1. The fourth-order valence-electron chi connectivity index (χ4n) is 0.468. The second-order valence-corrected chi connectivity index (χ2v) is 1.92. The molecule has 48 valence electrons. The molecule has 0 saturated heterocycles. The Morgan fingerprint density at radius 1 is 1.78 bits per heavy atom. The average molecular weight is 128 g/mol. The van der Waals surface area contributed by atoms with Crippen molar-refractivity contribution in [1.29, 1.82) is 0 Å². The molecular weight excluding hydrogens is 122 g/mol. The lowest BCUT2D eigenvalue weighted by atomic mass is 10.7. The Balaban J connectivity index is 2.90. The molecule has 0 aliphatic carbocycles. The number of hydrogen-bond donors (Lipinski definition) is 0. The van der Waals surface area contributed by atoms with Crippen molar-refractivity contribution in [3.05, 3.63) is 12.5 Å². The smallest absolute Gasteiger partial charge is 0.382 e. The summed E-state index contributed by atoms with van der Waals surface area (Å²) in [6.07, 6.45) is 2.52. The molecule has 0 aromatic carbocycles. The van der Waals surface area contributed by atoms with Crippen LogP contribution in [0, 0.1) is 0 Å². The van der Waals surface area contributed by atoms with Gasteiger partial charge in [-0.25, -0.2) is 4.79 Å². The number of carbonyl (C=O) groups is 2. The van der Waals surface area contributed by atoms with Crippen LogP contribution in [0.1, 0.15) is 0 Å². The molecule has 1 unspecified atom stereocenters. The molecule has 0 spiro atoms. The first-order valence-electron chi connectivity index (χ1n) is 2.40. The van der Waals surface area contributed by atoms with Crippen molar-refractivity contribution >= 4 is 12.5 Å². The van der Waals surface area contributed by atoms with E-state index in [2.05, 4.69) is 4.74 Å². The van der Waals surface area contributed by atoms with Gasteiger partial charge in [0, 0.05) is 0 Å². The summed E-state index contributed by atoms with van der Waals surface area (Å²) >= 11 is 0. The normalized spacial score (nSPS) is 32.3. The van der Waals surface area contributed by atoms with Crippen LogP contribution in [0.25, 0.3) is 0 Å². The fourth-order valence-corrected chi connectivity index (χ4v) is 0.468. The summed E-state index contributed by atoms with van der Waals surface area (Å²) in [5.41, 5.74) is 0. The van der Waals surface area contributed by atoms with Gasteiger partial charge in [-0.05, 0) is 0 Å². The SMILES string of the molecule is C[N+]1(C=O)C=COC1=O. The van der Waals surface area contributed by atoms with Gasteiger partial charge in [0.05, 0.1) is 7.05 Å². The van der Waals surface area contributed by atoms with E-state index in [1.807, 2.05) is 0 Å². The number of nitrogens with zero attached hydrogens (tertiary/aromatic N) is 1. The molecule has 0 fully saturated rings. The van der Waals surface area contributed by atoms with E-state index < -0.39 is 10.6 Å². The monoisotopic (exact) mass is 128 g/mol. The van der Waals surface area contributed by atoms with Crippen molar-refractivity contribution in [2.45, 2.75) is 0 Å². The number of carbonyl (C=O) groups excluding carboxylic acids is 2. The number of amides is 2. The van der Waals surface area contributed by atoms with E-state index in [9.17, 15) is 9.59 Å². The number of cyclic esters (lactones) is 1. The molecular formula is C5H6NO3+. The van der Waals surface area contributed by atoms with Crippen molar-refractivity contribution in [1.82, 2.24) is 0 Å². The molecule has 0 radical (unpaired) electrons. The molecule has 4 nitrogen and oxygen atoms in total. The number of rotatable bonds is 1. The van der Waals surface area contributed by atoms with Gasteiger partial charge in [-0.1, -0.05) is 0 Å². The Labute approximate surface area is 51.9 Å². The standard InChI is InChI=1S/C5H6NO3/c1-6(4-7)2-3-9-5(6)8/h2-4H,1H3/q+1. The minimum absolute atomic E-state index is 0.417. The summed E-state index contributed by atoms with van der Waals surface area (Å²) in [6.45, 7) is 0. The zero-order valence-corrected chi connectivity index (χ0v) is 4.90. The van der Waals surface area contributed by atoms with Crippen LogP contribution in [0.15, 0.2) is 12.5 Å². The van der Waals surface area contributed by atoms with Gasteiger partial charge >= 0.3 is 12.5 Å². The Bertz CT molecular complexity index is 187. The summed E-state index contributed by atoms with van der Waals surface area (Å²) < 4.78 is 3.96. The van der Waals surface area contributed by atoms with Crippen LogP contribution >= 0.6 is 0 Å². The van der Waals surface area contributed by atoms with Crippen LogP contribution in [0.3, 0.4) is 0 Å². The van der Waals surface area contributed by atoms with Gasteiger partial charge in [0.2, 0.25) is 0 Å². The molecule has 1 aliphatic heterocycles. The van der Waals surface area contributed by atoms with E-state index in [0.717, 1.165) is 0 Å². The molecule has 1 atom stereocenters. The van der Waals surface area contributed by atoms with Crippen molar-refractivity contribution < 1.29 is 18.8 Å². The van der Waals surface area contributed by atoms with Gasteiger partial charge in [-0.3, -0.25) is 0 Å². The van der Waals surface area contributed by atoms with Gasteiger partial charge in [-0.15, -0.1) is 4.48 Å². The molecule has 0 aromatic rings. The lowest BCUT2D eigenvalue weighted by Gasteiger charge is -2.08. The van der Waals surface area contributed by atoms with Gasteiger partial charge in [0.1, 0.15) is 6.20 Å². The maximum absolute atomic E-state index is 10.6. The topological polar surface area (TPSA) is 43.4 Å². The molecule has 4 heteroatoms. The predicted molar refractivity (Wildman–Crippen MR) is 27.9 cm³/mol. The largest absolute Gasteiger partial charge is 0.533 e. The quantitative estimate of drug-likeness (QED) is 0.374. The number of imide groups is 1. The predicted octanol–water partition coefficient (Wildman–Crippen LogP) is 0.211. The maximum Gasteiger partial charge on any atom is 0.533 e. The molecule has 0 bridgehead atoms. The van der Waals surface area contributed by atoms with Crippen molar-refractivity contribution in [3.8, 4) is 0 Å². The first-order valence-corrected chi connectivity index (χ1v) is 2.40. The summed E-state index contributed by atoms with van der Waals surface area (Å²) in [5, 5.41) is 0. The Morgan fingerprint density at radius 2 is 2.44 bits per heavy atom. The molecule has 2 amide bonds. The minimum atomic E-state index is -0.565. The summed E-state index contributed by atoms with van der Waals surface area (Å²) in [6, 6.07) is 0. The highest BCUT2D eigenvalue weighted by Gasteiger charge is 2.35. The van der Waals surface area contributed by atoms with Gasteiger partial charge < -0.3 is 4.74 Å². The fraction of sp³-hybridized carbons (Fsp3) is 0.200. The molecule has 1 rings (SSSR count). The van der Waals surface area contributed by atoms with Gasteiger partial charge in [0.15, 0.2) is 6.26 Å². The van der Waals surface area contributed by atoms with Crippen LogP contribution in [-0.2, 0) is 9.53 Å².